The molecular weight excluding hydrogens is 268 g/mol. The summed E-state index contributed by atoms with van der Waals surface area (Å²) < 4.78 is 5.60. The summed E-state index contributed by atoms with van der Waals surface area (Å²) in [4.78, 5) is 16.7. The quantitative estimate of drug-likeness (QED) is 0.547. The first kappa shape index (κ1) is 15.7. The molecule has 4 N–H and O–H groups in total. The smallest absolute Gasteiger partial charge is 0.251 e. The van der Waals surface area contributed by atoms with E-state index >= 15 is 0 Å². The zero-order valence-corrected chi connectivity index (χ0v) is 12.7. The first-order chi connectivity index (χ1) is 10.1. The Morgan fingerprint density at radius 3 is 3.00 bits per heavy atom. The Kier molecular flexibility index (Phi) is 5.52. The fourth-order valence-electron chi connectivity index (χ4n) is 2.56. The molecule has 0 saturated carbocycles. The number of aryl methyl sites for hydroxylation is 1. The normalized spacial score (nSPS) is 19.3. The number of hydrazine groups is 1. The number of hydrogen-bond acceptors (Lipinski definition) is 5. The van der Waals surface area contributed by atoms with Gasteiger partial charge in [0.05, 0.1) is 12.1 Å². The summed E-state index contributed by atoms with van der Waals surface area (Å²) in [6, 6.07) is 3.48. The van der Waals surface area contributed by atoms with E-state index in [-0.39, 0.29) is 18.1 Å². The Morgan fingerprint density at radius 1 is 1.57 bits per heavy atom. The summed E-state index contributed by atoms with van der Waals surface area (Å²) in [5.74, 6) is 5.81. The molecule has 6 nitrogen and oxygen atoms in total. The predicted octanol–water partition coefficient (Wildman–Crippen LogP) is 1.62. The van der Waals surface area contributed by atoms with Crippen molar-refractivity contribution in [3.8, 4) is 0 Å². The summed E-state index contributed by atoms with van der Waals surface area (Å²) in [6.45, 7) is 4.83. The van der Waals surface area contributed by atoms with Gasteiger partial charge in [0.15, 0.2) is 0 Å². The van der Waals surface area contributed by atoms with Crippen LogP contribution in [-0.4, -0.2) is 29.6 Å². The van der Waals surface area contributed by atoms with E-state index in [1.807, 2.05) is 13.0 Å². The van der Waals surface area contributed by atoms with Crippen molar-refractivity contribution in [1.82, 2.24) is 10.3 Å². The maximum Gasteiger partial charge on any atom is 0.251 e. The lowest BCUT2D eigenvalue weighted by Gasteiger charge is -2.20. The number of rotatable bonds is 6. The first-order valence-electron chi connectivity index (χ1n) is 7.54. The number of nitrogens with zero attached hydrogens (tertiary/aromatic N) is 1. The van der Waals surface area contributed by atoms with Crippen LogP contribution in [0.15, 0.2) is 12.1 Å². The fourth-order valence-corrected chi connectivity index (χ4v) is 2.56. The maximum atomic E-state index is 12.4. The number of nitrogens with two attached hydrogens (primary N) is 1. The Hall–Kier alpha value is -1.66. The van der Waals surface area contributed by atoms with Crippen molar-refractivity contribution < 1.29 is 9.53 Å². The van der Waals surface area contributed by atoms with Crippen LogP contribution >= 0.6 is 0 Å². The molecule has 2 unspecified atom stereocenters. The van der Waals surface area contributed by atoms with Gasteiger partial charge in [-0.1, -0.05) is 13.3 Å². The fraction of sp³-hybridized carbons (Fsp3) is 0.600. The van der Waals surface area contributed by atoms with Gasteiger partial charge in [0, 0.05) is 17.9 Å². The average molecular weight is 292 g/mol. The number of ether oxygens (including phenoxy) is 1. The summed E-state index contributed by atoms with van der Waals surface area (Å²) in [7, 11) is 0. The number of anilines is 1. The summed E-state index contributed by atoms with van der Waals surface area (Å²) in [5, 5.41) is 3.00. The molecule has 2 heterocycles. The van der Waals surface area contributed by atoms with Gasteiger partial charge >= 0.3 is 0 Å². The van der Waals surface area contributed by atoms with Gasteiger partial charge < -0.3 is 15.5 Å². The highest BCUT2D eigenvalue weighted by atomic mass is 16.5. The molecule has 1 aliphatic heterocycles. The topological polar surface area (TPSA) is 89.3 Å². The molecule has 1 fully saturated rings. The van der Waals surface area contributed by atoms with Gasteiger partial charge in [-0.15, -0.1) is 0 Å². The number of amides is 1. The lowest BCUT2D eigenvalue weighted by atomic mass is 10.1. The molecule has 0 spiro atoms. The third-order valence-electron chi connectivity index (χ3n) is 3.68. The van der Waals surface area contributed by atoms with E-state index in [1.54, 1.807) is 6.07 Å². The lowest BCUT2D eigenvalue weighted by Crippen LogP contribution is -2.40. The summed E-state index contributed by atoms with van der Waals surface area (Å²) in [6.07, 6.45) is 3.94. The first-order valence-corrected chi connectivity index (χ1v) is 7.54. The highest BCUT2D eigenvalue weighted by Crippen LogP contribution is 2.16. The van der Waals surface area contributed by atoms with E-state index in [0.717, 1.165) is 38.0 Å². The number of nitrogen functional groups attached to an aromatic ring is 1. The van der Waals surface area contributed by atoms with Crippen LogP contribution in [0.3, 0.4) is 0 Å². The number of aromatic nitrogens is 1. The number of pyridine rings is 1. The molecule has 6 heteroatoms. The van der Waals surface area contributed by atoms with Gasteiger partial charge in [-0.25, -0.2) is 10.8 Å². The van der Waals surface area contributed by atoms with Gasteiger partial charge in [0.1, 0.15) is 5.82 Å². The Labute approximate surface area is 125 Å². The Morgan fingerprint density at radius 2 is 2.38 bits per heavy atom. The van der Waals surface area contributed by atoms with E-state index in [2.05, 4.69) is 22.7 Å². The second kappa shape index (κ2) is 7.38. The van der Waals surface area contributed by atoms with Crippen LogP contribution in [0.2, 0.25) is 0 Å². The Bertz CT molecular complexity index is 487. The summed E-state index contributed by atoms with van der Waals surface area (Å²) in [5.41, 5.74) is 3.95. The minimum Gasteiger partial charge on any atom is -0.376 e. The molecule has 1 saturated heterocycles. The minimum atomic E-state index is -0.116. The molecule has 1 amide bonds. The van der Waals surface area contributed by atoms with Crippen molar-refractivity contribution in [1.29, 1.82) is 0 Å². The van der Waals surface area contributed by atoms with Gasteiger partial charge in [0.2, 0.25) is 0 Å². The highest BCUT2D eigenvalue weighted by molar-refractivity contribution is 5.95. The van der Waals surface area contributed by atoms with E-state index in [9.17, 15) is 4.79 Å². The van der Waals surface area contributed by atoms with Crippen LogP contribution in [0.5, 0.6) is 0 Å². The Balaban J connectivity index is 2.08. The van der Waals surface area contributed by atoms with Crippen LogP contribution in [0.25, 0.3) is 0 Å². The SMILES string of the molecule is CCCc1cc(C(=O)NC(C)C2CCCO2)cc(NN)n1. The van der Waals surface area contributed by atoms with Crippen LogP contribution in [0, 0.1) is 0 Å². The van der Waals surface area contributed by atoms with Crippen molar-refractivity contribution in [2.75, 3.05) is 12.0 Å². The second-order valence-electron chi connectivity index (χ2n) is 5.44. The van der Waals surface area contributed by atoms with Crippen LogP contribution in [0.4, 0.5) is 5.82 Å². The van der Waals surface area contributed by atoms with Crippen LogP contribution in [-0.2, 0) is 11.2 Å². The third kappa shape index (κ3) is 4.15. The van der Waals surface area contributed by atoms with Crippen molar-refractivity contribution in [3.63, 3.8) is 0 Å². The van der Waals surface area contributed by atoms with E-state index in [0.29, 0.717) is 11.4 Å². The largest absolute Gasteiger partial charge is 0.376 e. The predicted molar refractivity (Wildman–Crippen MR) is 81.9 cm³/mol. The second-order valence-corrected chi connectivity index (χ2v) is 5.44. The number of carbonyl (C=O) groups is 1. The molecule has 0 aliphatic carbocycles. The van der Waals surface area contributed by atoms with E-state index < -0.39 is 0 Å². The zero-order chi connectivity index (χ0) is 15.2. The molecule has 1 aliphatic rings. The molecule has 0 bridgehead atoms. The molecule has 21 heavy (non-hydrogen) atoms. The third-order valence-corrected chi connectivity index (χ3v) is 3.68. The number of carbonyl (C=O) groups excluding carboxylic acids is 1. The summed E-state index contributed by atoms with van der Waals surface area (Å²) >= 11 is 0. The zero-order valence-electron chi connectivity index (χ0n) is 12.7. The monoisotopic (exact) mass is 292 g/mol. The van der Waals surface area contributed by atoms with Crippen molar-refractivity contribution in [2.24, 2.45) is 5.84 Å². The van der Waals surface area contributed by atoms with Crippen LogP contribution in [0.1, 0.15) is 49.2 Å². The molecule has 1 aromatic heterocycles. The van der Waals surface area contributed by atoms with Crippen molar-refractivity contribution in [2.45, 2.75) is 51.7 Å². The molecule has 1 aromatic rings. The van der Waals surface area contributed by atoms with Gasteiger partial charge in [-0.05, 0) is 38.3 Å². The number of hydrogen-bond donors (Lipinski definition) is 3. The molecule has 0 aromatic carbocycles. The van der Waals surface area contributed by atoms with Gasteiger partial charge in [0.25, 0.3) is 5.91 Å². The van der Waals surface area contributed by atoms with Crippen molar-refractivity contribution in [3.05, 3.63) is 23.4 Å². The standard InChI is InChI=1S/C15H24N4O2/c1-3-5-12-8-11(9-14(18-12)19-16)15(20)17-10(2)13-6-4-7-21-13/h8-10,13H,3-7,16H2,1-2H3,(H,17,20)(H,18,19). The van der Waals surface area contributed by atoms with E-state index in [4.69, 9.17) is 10.6 Å². The average Bonchev–Trinajstić information content (AvgIpc) is 3.01. The molecule has 0 radical (unpaired) electrons. The van der Waals surface area contributed by atoms with E-state index in [1.165, 1.54) is 0 Å². The number of nitrogens with one attached hydrogen (secondary N) is 2. The highest BCUT2D eigenvalue weighted by Gasteiger charge is 2.24. The lowest BCUT2D eigenvalue weighted by molar-refractivity contribution is 0.0712. The maximum absolute atomic E-state index is 12.4. The van der Waals surface area contributed by atoms with Gasteiger partial charge in [-0.3, -0.25) is 4.79 Å². The van der Waals surface area contributed by atoms with Crippen molar-refractivity contribution >= 4 is 11.7 Å². The molecular formula is C15H24N4O2. The molecule has 2 rings (SSSR count). The molecule has 2 atom stereocenters. The molecule has 116 valence electrons. The van der Waals surface area contributed by atoms with Gasteiger partial charge in [-0.2, -0.15) is 0 Å². The minimum absolute atomic E-state index is 0.00271. The van der Waals surface area contributed by atoms with Crippen LogP contribution < -0.4 is 16.6 Å².